The van der Waals surface area contributed by atoms with Crippen LogP contribution in [0.3, 0.4) is 0 Å². The van der Waals surface area contributed by atoms with Crippen molar-refractivity contribution in [3.05, 3.63) is 0 Å². The summed E-state index contributed by atoms with van der Waals surface area (Å²) in [5.74, 6) is -0.838. The SMILES string of the molecule is CCC(CC(CC(C)(C)C(=O)OCC[N+](C)(C)C)C(N)=O)C(=O)NCCSCCCO[C@H]1OC(CO)[C@@H](O)[C@H](O)C1O. The Morgan fingerprint density at radius 3 is 2.29 bits per heavy atom. The Kier molecular flexibility index (Phi) is 16.8. The maximum atomic E-state index is 12.8. The minimum absolute atomic E-state index is 0.168. The molecule has 0 radical (unpaired) electrons. The highest BCUT2D eigenvalue weighted by atomic mass is 32.2. The summed E-state index contributed by atoms with van der Waals surface area (Å²) in [6, 6.07) is 0. The Bertz CT molecular complexity index is 839. The first-order chi connectivity index (χ1) is 19.5. The second-order valence-corrected chi connectivity index (χ2v) is 13.7. The maximum Gasteiger partial charge on any atom is 0.311 e. The highest BCUT2D eigenvalue weighted by molar-refractivity contribution is 7.99. The summed E-state index contributed by atoms with van der Waals surface area (Å²) in [4.78, 5) is 37.8. The number of hydrogen-bond donors (Lipinski definition) is 6. The monoisotopic (exact) mass is 624 g/mol. The van der Waals surface area contributed by atoms with E-state index in [-0.39, 0.29) is 32.0 Å². The van der Waals surface area contributed by atoms with Crippen LogP contribution in [0.2, 0.25) is 0 Å². The summed E-state index contributed by atoms with van der Waals surface area (Å²) < 4.78 is 16.9. The summed E-state index contributed by atoms with van der Waals surface area (Å²) >= 11 is 1.59. The fraction of sp³-hybridized carbons (Fsp3) is 0.893. The molecule has 0 aliphatic carbocycles. The number of primary amides is 1. The minimum atomic E-state index is -1.48. The van der Waals surface area contributed by atoms with Crippen LogP contribution in [-0.2, 0) is 28.6 Å². The van der Waals surface area contributed by atoms with Gasteiger partial charge in [0, 0.05) is 24.1 Å². The summed E-state index contributed by atoms with van der Waals surface area (Å²) in [5, 5.41) is 41.8. The number of nitrogens with zero attached hydrogens (tertiary/aromatic N) is 1. The zero-order chi connectivity index (χ0) is 32.1. The van der Waals surface area contributed by atoms with Gasteiger partial charge in [0.1, 0.15) is 37.6 Å². The number of aliphatic hydroxyl groups is 4. The number of esters is 1. The van der Waals surface area contributed by atoms with Crippen LogP contribution in [0.4, 0.5) is 0 Å². The standard InChI is InChI=1S/C28H53N3O10S/c1-7-18(15-19(24(29)36)16-28(2,3)27(38)40-12-10-31(4,5)6)25(37)30-9-14-42-13-8-11-39-26-23(35)22(34)21(33)20(17-32)41-26/h18-23,26,32-35H,7-17H2,1-6H3,(H2-,29,30,36,37)/p+1/t18?,19?,20?,21-,22+,23?,26+/m1/s1. The quantitative estimate of drug-likeness (QED) is 0.0565. The van der Waals surface area contributed by atoms with E-state index in [1.807, 2.05) is 28.1 Å². The molecule has 42 heavy (non-hydrogen) atoms. The van der Waals surface area contributed by atoms with Gasteiger partial charge in [-0.1, -0.05) is 6.92 Å². The molecule has 1 fully saturated rings. The van der Waals surface area contributed by atoms with Gasteiger partial charge in [0.2, 0.25) is 11.8 Å². The molecule has 0 bridgehead atoms. The lowest BCUT2D eigenvalue weighted by molar-refractivity contribution is -0.870. The number of likely N-dealkylation sites (N-methyl/N-ethyl adjacent to an activating group) is 1. The molecule has 7 N–H and O–H groups in total. The molecule has 246 valence electrons. The van der Waals surface area contributed by atoms with Crippen molar-refractivity contribution in [2.75, 3.05) is 65.6 Å². The van der Waals surface area contributed by atoms with Crippen LogP contribution in [-0.4, -0.2) is 139 Å². The Morgan fingerprint density at radius 1 is 1.05 bits per heavy atom. The van der Waals surface area contributed by atoms with Crippen LogP contribution < -0.4 is 11.1 Å². The average molecular weight is 625 g/mol. The van der Waals surface area contributed by atoms with Crippen molar-refractivity contribution in [2.45, 2.75) is 77.2 Å². The molecule has 1 aliphatic rings. The number of carbonyl (C=O) groups is 3. The molecule has 1 heterocycles. The van der Waals surface area contributed by atoms with Crippen molar-refractivity contribution in [1.82, 2.24) is 5.32 Å². The van der Waals surface area contributed by atoms with Crippen LogP contribution >= 0.6 is 11.8 Å². The number of nitrogens with one attached hydrogen (secondary N) is 1. The van der Waals surface area contributed by atoms with E-state index in [4.69, 9.17) is 19.9 Å². The Balaban J connectivity index is 2.40. The summed E-state index contributed by atoms with van der Waals surface area (Å²) in [5.41, 5.74) is 4.74. The molecule has 0 aromatic rings. The number of aliphatic hydroxyl groups excluding tert-OH is 4. The number of amides is 2. The van der Waals surface area contributed by atoms with Gasteiger partial charge in [-0.3, -0.25) is 14.4 Å². The zero-order valence-electron chi connectivity index (χ0n) is 26.0. The van der Waals surface area contributed by atoms with Gasteiger partial charge in [-0.15, -0.1) is 0 Å². The van der Waals surface area contributed by atoms with E-state index in [0.29, 0.717) is 41.9 Å². The van der Waals surface area contributed by atoms with E-state index in [1.165, 1.54) is 0 Å². The maximum absolute atomic E-state index is 12.8. The highest BCUT2D eigenvalue weighted by Gasteiger charge is 2.44. The van der Waals surface area contributed by atoms with Crippen molar-refractivity contribution < 1.29 is 53.5 Å². The van der Waals surface area contributed by atoms with Gasteiger partial charge in [0.15, 0.2) is 6.29 Å². The minimum Gasteiger partial charge on any atom is -0.459 e. The number of ether oxygens (including phenoxy) is 3. The first-order valence-electron chi connectivity index (χ1n) is 14.6. The lowest BCUT2D eigenvalue weighted by atomic mass is 9.78. The van der Waals surface area contributed by atoms with E-state index < -0.39 is 66.4 Å². The lowest BCUT2D eigenvalue weighted by Crippen LogP contribution is -2.59. The van der Waals surface area contributed by atoms with Crippen LogP contribution in [0.15, 0.2) is 0 Å². The lowest BCUT2D eigenvalue weighted by Gasteiger charge is -2.39. The van der Waals surface area contributed by atoms with Gasteiger partial charge in [0.25, 0.3) is 0 Å². The van der Waals surface area contributed by atoms with E-state index in [0.717, 1.165) is 0 Å². The molecular formula is C28H54N3O10S+. The molecule has 0 aromatic carbocycles. The molecule has 2 amide bonds. The number of carbonyl (C=O) groups excluding carboxylic acids is 3. The van der Waals surface area contributed by atoms with Crippen LogP contribution in [0.1, 0.15) is 46.5 Å². The average Bonchev–Trinajstić information content (AvgIpc) is 2.91. The number of nitrogens with two attached hydrogens (primary N) is 1. The van der Waals surface area contributed by atoms with E-state index in [1.54, 1.807) is 25.6 Å². The number of hydrogen-bond acceptors (Lipinski definition) is 11. The van der Waals surface area contributed by atoms with Gasteiger partial charge in [0.05, 0.1) is 39.8 Å². The first kappa shape index (κ1) is 38.5. The Labute approximate surface area is 254 Å². The third kappa shape index (κ3) is 13.4. The predicted octanol–water partition coefficient (Wildman–Crippen LogP) is -0.774. The van der Waals surface area contributed by atoms with Gasteiger partial charge >= 0.3 is 5.97 Å². The molecule has 1 aliphatic heterocycles. The van der Waals surface area contributed by atoms with Crippen molar-refractivity contribution in [3.8, 4) is 0 Å². The highest BCUT2D eigenvalue weighted by Crippen LogP contribution is 2.31. The fourth-order valence-corrected chi connectivity index (χ4v) is 5.24. The Hall–Kier alpha value is -1.52. The summed E-state index contributed by atoms with van der Waals surface area (Å²) in [6.07, 6.45) is -4.93. The topological polar surface area (TPSA) is 198 Å². The van der Waals surface area contributed by atoms with Crippen LogP contribution in [0, 0.1) is 17.3 Å². The molecule has 1 saturated heterocycles. The van der Waals surface area contributed by atoms with E-state index in [2.05, 4.69) is 5.32 Å². The summed E-state index contributed by atoms with van der Waals surface area (Å²) in [7, 11) is 6.01. The predicted molar refractivity (Wildman–Crippen MR) is 158 cm³/mol. The zero-order valence-corrected chi connectivity index (χ0v) is 26.8. The molecule has 0 saturated carbocycles. The van der Waals surface area contributed by atoms with E-state index >= 15 is 0 Å². The normalized spacial score (nSPS) is 24.6. The third-order valence-corrected chi connectivity index (χ3v) is 8.32. The van der Waals surface area contributed by atoms with Gasteiger partial charge in [-0.25, -0.2) is 0 Å². The molecule has 0 aromatic heterocycles. The fourth-order valence-electron chi connectivity index (χ4n) is 4.47. The smallest absolute Gasteiger partial charge is 0.311 e. The Morgan fingerprint density at radius 2 is 1.71 bits per heavy atom. The van der Waals surface area contributed by atoms with Gasteiger partial charge in [-0.2, -0.15) is 11.8 Å². The molecule has 13 nitrogen and oxygen atoms in total. The van der Waals surface area contributed by atoms with E-state index in [9.17, 15) is 34.8 Å². The molecule has 4 unspecified atom stereocenters. The molecular weight excluding hydrogens is 570 g/mol. The number of thioether (sulfide) groups is 1. The molecule has 14 heteroatoms. The number of quaternary nitrogens is 1. The second kappa shape index (κ2) is 18.3. The van der Waals surface area contributed by atoms with Crippen LogP contribution in [0.25, 0.3) is 0 Å². The second-order valence-electron chi connectivity index (χ2n) is 12.5. The molecule has 1 rings (SSSR count). The first-order valence-corrected chi connectivity index (χ1v) is 15.7. The van der Waals surface area contributed by atoms with Crippen molar-refractivity contribution >= 4 is 29.5 Å². The van der Waals surface area contributed by atoms with Gasteiger partial charge in [-0.05, 0) is 45.3 Å². The van der Waals surface area contributed by atoms with Crippen molar-refractivity contribution in [3.63, 3.8) is 0 Å². The molecule has 0 spiro atoms. The third-order valence-electron chi connectivity index (χ3n) is 7.25. The van der Waals surface area contributed by atoms with Gasteiger partial charge < -0.3 is 50.2 Å². The van der Waals surface area contributed by atoms with Crippen molar-refractivity contribution in [1.29, 1.82) is 0 Å². The van der Waals surface area contributed by atoms with Crippen molar-refractivity contribution in [2.24, 2.45) is 23.0 Å². The largest absolute Gasteiger partial charge is 0.459 e. The molecule has 7 atom stereocenters. The number of rotatable bonds is 20. The summed E-state index contributed by atoms with van der Waals surface area (Å²) in [6.45, 7) is 6.40. The van der Waals surface area contributed by atoms with Crippen LogP contribution in [0.5, 0.6) is 0 Å².